The summed E-state index contributed by atoms with van der Waals surface area (Å²) < 4.78 is 13.2. The first-order valence-electron chi connectivity index (χ1n) is 5.03. The van der Waals surface area contributed by atoms with Crippen molar-refractivity contribution in [3.63, 3.8) is 0 Å². The lowest BCUT2D eigenvalue weighted by Crippen LogP contribution is -2.35. The molecule has 0 aromatic heterocycles. The number of aryl methyl sites for hydroxylation is 1. The maximum absolute atomic E-state index is 13.2. The topological polar surface area (TPSA) is 58.4 Å². The van der Waals surface area contributed by atoms with Crippen molar-refractivity contribution in [2.24, 2.45) is 5.73 Å². The van der Waals surface area contributed by atoms with Crippen LogP contribution in [0.4, 0.5) is 14.9 Å². The number of nitrogens with two attached hydrogens (primary N) is 1. The van der Waals surface area contributed by atoms with Gasteiger partial charge < -0.3 is 16.0 Å². The van der Waals surface area contributed by atoms with Crippen molar-refractivity contribution in [1.29, 1.82) is 0 Å². The number of nitrogens with zero attached hydrogens (tertiary/aromatic N) is 1. The lowest BCUT2D eigenvalue weighted by Gasteiger charge is -2.16. The predicted molar refractivity (Wildman–Crippen MR) is 61.8 cm³/mol. The fraction of sp³-hybridized carbons (Fsp3) is 0.364. The fourth-order valence-electron chi connectivity index (χ4n) is 1.18. The minimum absolute atomic E-state index is 0.297. The number of anilines is 1. The minimum Gasteiger partial charge on any atom is -0.329 e. The Balaban J connectivity index is 2.66. The Morgan fingerprint density at radius 3 is 2.81 bits per heavy atom. The van der Waals surface area contributed by atoms with Crippen LogP contribution in [-0.2, 0) is 0 Å². The molecule has 0 radical (unpaired) electrons. The highest BCUT2D eigenvalue weighted by atomic mass is 19.1. The monoisotopic (exact) mass is 225 g/mol. The van der Waals surface area contributed by atoms with Crippen LogP contribution in [0.25, 0.3) is 0 Å². The fourth-order valence-corrected chi connectivity index (χ4v) is 1.18. The zero-order valence-corrected chi connectivity index (χ0v) is 9.46. The van der Waals surface area contributed by atoms with E-state index in [2.05, 4.69) is 5.32 Å². The zero-order valence-electron chi connectivity index (χ0n) is 9.46. The van der Waals surface area contributed by atoms with Gasteiger partial charge in [-0.25, -0.2) is 9.18 Å². The van der Waals surface area contributed by atoms with Gasteiger partial charge in [-0.1, -0.05) is 6.07 Å². The molecule has 0 aliphatic heterocycles. The molecule has 0 atom stereocenters. The smallest absolute Gasteiger partial charge is 0.321 e. The Morgan fingerprint density at radius 1 is 1.56 bits per heavy atom. The summed E-state index contributed by atoms with van der Waals surface area (Å²) in [7, 11) is 1.63. The van der Waals surface area contributed by atoms with Gasteiger partial charge in [0.2, 0.25) is 0 Å². The highest BCUT2D eigenvalue weighted by Gasteiger charge is 2.08. The second-order valence-corrected chi connectivity index (χ2v) is 3.60. The minimum atomic E-state index is -0.334. The van der Waals surface area contributed by atoms with Crippen LogP contribution < -0.4 is 11.1 Å². The molecule has 0 unspecified atom stereocenters. The van der Waals surface area contributed by atoms with Crippen LogP contribution in [0.15, 0.2) is 18.2 Å². The van der Waals surface area contributed by atoms with Crippen molar-refractivity contribution < 1.29 is 9.18 Å². The lowest BCUT2D eigenvalue weighted by atomic mass is 10.2. The second kappa shape index (κ2) is 5.46. The lowest BCUT2D eigenvalue weighted by molar-refractivity contribution is 0.223. The van der Waals surface area contributed by atoms with E-state index in [-0.39, 0.29) is 11.8 Å². The van der Waals surface area contributed by atoms with Crippen LogP contribution in [0.2, 0.25) is 0 Å². The summed E-state index contributed by atoms with van der Waals surface area (Å²) in [5.74, 6) is -0.334. The first kappa shape index (κ1) is 12.4. The van der Waals surface area contributed by atoms with Gasteiger partial charge in [-0.3, -0.25) is 0 Å². The third-order valence-corrected chi connectivity index (χ3v) is 2.23. The van der Waals surface area contributed by atoms with Gasteiger partial charge in [0, 0.05) is 25.8 Å². The Hall–Kier alpha value is -1.62. The van der Waals surface area contributed by atoms with Gasteiger partial charge in [-0.15, -0.1) is 0 Å². The summed E-state index contributed by atoms with van der Waals surface area (Å²) in [6.45, 7) is 2.52. The maximum atomic E-state index is 13.2. The Labute approximate surface area is 94.2 Å². The second-order valence-electron chi connectivity index (χ2n) is 3.60. The summed E-state index contributed by atoms with van der Waals surface area (Å²) in [5, 5.41) is 2.59. The van der Waals surface area contributed by atoms with Gasteiger partial charge in [-0.2, -0.15) is 0 Å². The number of likely N-dealkylation sites (N-methyl/N-ethyl adjacent to an activating group) is 1. The zero-order chi connectivity index (χ0) is 12.1. The van der Waals surface area contributed by atoms with E-state index in [0.29, 0.717) is 24.3 Å². The molecule has 0 spiro atoms. The van der Waals surface area contributed by atoms with E-state index >= 15 is 0 Å². The largest absolute Gasteiger partial charge is 0.329 e. The maximum Gasteiger partial charge on any atom is 0.321 e. The number of rotatable bonds is 3. The average Bonchev–Trinajstić information content (AvgIpc) is 2.24. The summed E-state index contributed by atoms with van der Waals surface area (Å²) >= 11 is 0. The van der Waals surface area contributed by atoms with Crippen LogP contribution in [-0.4, -0.2) is 31.1 Å². The Morgan fingerprint density at radius 2 is 2.25 bits per heavy atom. The van der Waals surface area contributed by atoms with Crippen LogP contribution in [0.3, 0.4) is 0 Å². The first-order valence-corrected chi connectivity index (χ1v) is 5.03. The number of halogens is 1. The normalized spacial score (nSPS) is 10.0. The summed E-state index contributed by atoms with van der Waals surface area (Å²) in [4.78, 5) is 13.0. The molecule has 0 aliphatic carbocycles. The molecule has 5 heteroatoms. The van der Waals surface area contributed by atoms with Crippen LogP contribution in [0.5, 0.6) is 0 Å². The molecule has 4 nitrogen and oxygen atoms in total. The number of benzene rings is 1. The van der Waals surface area contributed by atoms with E-state index in [4.69, 9.17) is 5.73 Å². The summed E-state index contributed by atoms with van der Waals surface area (Å²) in [6.07, 6.45) is 0. The van der Waals surface area contributed by atoms with Crippen LogP contribution in [0.1, 0.15) is 5.56 Å². The van der Waals surface area contributed by atoms with E-state index in [1.165, 1.54) is 11.0 Å². The van der Waals surface area contributed by atoms with Gasteiger partial charge in [0.15, 0.2) is 0 Å². The van der Waals surface area contributed by atoms with Gasteiger partial charge in [0.1, 0.15) is 5.82 Å². The number of urea groups is 1. The van der Waals surface area contributed by atoms with Crippen molar-refractivity contribution in [2.75, 3.05) is 25.5 Å². The number of carbonyl (C=O) groups excluding carboxylic acids is 1. The first-order chi connectivity index (χ1) is 7.54. The van der Waals surface area contributed by atoms with E-state index < -0.39 is 0 Å². The molecular formula is C11H16FN3O. The molecule has 88 valence electrons. The predicted octanol–water partition coefficient (Wildman–Crippen LogP) is 1.56. The van der Waals surface area contributed by atoms with Crippen LogP contribution in [0, 0.1) is 12.7 Å². The number of nitrogens with one attached hydrogen (secondary N) is 1. The van der Waals surface area contributed by atoms with Gasteiger partial charge in [0.25, 0.3) is 0 Å². The van der Waals surface area contributed by atoms with Crippen molar-refractivity contribution in [2.45, 2.75) is 6.92 Å². The molecule has 0 heterocycles. The number of hydrogen-bond acceptors (Lipinski definition) is 2. The third kappa shape index (κ3) is 3.20. The van der Waals surface area contributed by atoms with Gasteiger partial charge >= 0.3 is 6.03 Å². The molecular weight excluding hydrogens is 209 g/mol. The van der Waals surface area contributed by atoms with Gasteiger partial charge in [-0.05, 0) is 24.6 Å². The molecule has 0 fully saturated rings. The molecule has 1 aromatic rings. The van der Waals surface area contributed by atoms with Gasteiger partial charge in [0.05, 0.1) is 0 Å². The van der Waals surface area contributed by atoms with E-state index in [1.807, 2.05) is 0 Å². The molecule has 0 saturated carbocycles. The van der Waals surface area contributed by atoms with E-state index in [1.54, 1.807) is 26.1 Å². The average molecular weight is 225 g/mol. The quantitative estimate of drug-likeness (QED) is 0.820. The molecule has 0 bridgehead atoms. The third-order valence-electron chi connectivity index (χ3n) is 2.23. The molecule has 16 heavy (non-hydrogen) atoms. The molecule has 3 N–H and O–H groups in total. The molecule has 0 aliphatic rings. The summed E-state index contributed by atoms with van der Waals surface area (Å²) in [5.41, 5.74) is 6.31. The molecule has 2 amide bonds. The molecule has 1 aromatic carbocycles. The van der Waals surface area contributed by atoms with Crippen molar-refractivity contribution >= 4 is 11.7 Å². The van der Waals surface area contributed by atoms with Crippen LogP contribution >= 0.6 is 0 Å². The summed E-state index contributed by atoms with van der Waals surface area (Å²) in [6, 6.07) is 4.28. The van der Waals surface area contributed by atoms with Crippen molar-refractivity contribution in [1.82, 2.24) is 4.90 Å². The van der Waals surface area contributed by atoms with E-state index in [0.717, 1.165) is 0 Å². The Bertz CT molecular complexity index is 381. The van der Waals surface area contributed by atoms with E-state index in [9.17, 15) is 9.18 Å². The van der Waals surface area contributed by atoms with Crippen molar-refractivity contribution in [3.05, 3.63) is 29.6 Å². The Kier molecular flexibility index (Phi) is 4.25. The number of carbonyl (C=O) groups is 1. The van der Waals surface area contributed by atoms with Crippen molar-refractivity contribution in [3.8, 4) is 0 Å². The number of hydrogen-bond donors (Lipinski definition) is 2. The molecule has 1 rings (SSSR count). The molecule has 0 saturated heterocycles. The number of amides is 2. The standard InChI is InChI=1S/C11H16FN3O/c1-8-3-4-9(7-10(8)12)14-11(16)15(2)6-5-13/h3-4,7H,5-6,13H2,1-2H3,(H,14,16). The SMILES string of the molecule is Cc1ccc(NC(=O)N(C)CCN)cc1F. The highest BCUT2D eigenvalue weighted by Crippen LogP contribution is 2.13. The highest BCUT2D eigenvalue weighted by molar-refractivity contribution is 5.89.